The minimum absolute atomic E-state index is 0. The van der Waals surface area contributed by atoms with Gasteiger partial charge in [-0.05, 0) is 27.7 Å². The Morgan fingerprint density at radius 2 is 1.23 bits per heavy atom. The molecule has 0 atom stereocenters. The molecule has 0 saturated carbocycles. The Labute approximate surface area is 177 Å². The molecule has 16 nitrogen and oxygen atoms in total. The van der Waals surface area contributed by atoms with Crippen LogP contribution < -0.4 is 10.6 Å². The molecule has 2 aliphatic heterocycles. The van der Waals surface area contributed by atoms with E-state index in [-0.39, 0.29) is 5.48 Å². The van der Waals surface area contributed by atoms with E-state index in [2.05, 4.69) is 53.2 Å². The zero-order valence-corrected chi connectivity index (χ0v) is 18.3. The summed E-state index contributed by atoms with van der Waals surface area (Å²) in [5.41, 5.74) is -0.792. The highest BCUT2D eigenvalue weighted by molar-refractivity contribution is 7.88. The summed E-state index contributed by atoms with van der Waals surface area (Å²) in [7, 11) is 0. The van der Waals surface area contributed by atoms with Gasteiger partial charge in [-0.25, -0.2) is 10.5 Å². The van der Waals surface area contributed by atoms with E-state index in [1.807, 2.05) is 27.7 Å². The van der Waals surface area contributed by atoms with E-state index in [0.717, 1.165) is 37.9 Å². The van der Waals surface area contributed by atoms with Crippen LogP contribution in [0.25, 0.3) is 0 Å². The van der Waals surface area contributed by atoms with Gasteiger partial charge in [-0.1, -0.05) is 18.7 Å². The summed E-state index contributed by atoms with van der Waals surface area (Å²) in [5.74, 6) is 1.84. The summed E-state index contributed by atoms with van der Waals surface area (Å²) in [4.78, 5) is 8.82. The summed E-state index contributed by atoms with van der Waals surface area (Å²) in [6.45, 7) is 11.5. The Morgan fingerprint density at radius 1 is 0.867 bits per heavy atom. The highest BCUT2D eigenvalue weighted by Gasteiger charge is 2.31. The quantitative estimate of drug-likeness (QED) is 0.172. The number of rotatable bonds is 10. The molecule has 0 spiro atoms. The summed E-state index contributed by atoms with van der Waals surface area (Å²) >= 11 is -5.28. The molecule has 0 aromatic carbocycles. The van der Waals surface area contributed by atoms with E-state index < -0.39 is 33.8 Å². The van der Waals surface area contributed by atoms with Gasteiger partial charge in [-0.2, -0.15) is 18.6 Å². The third kappa shape index (κ3) is 10.0. The Morgan fingerprint density at radius 3 is 1.50 bits per heavy atom. The number of hydrogen-bond acceptors (Lipinski definition) is 15. The molecular weight excluding hydrogens is 452 g/mol. The summed E-state index contributed by atoms with van der Waals surface area (Å²) in [6, 6.07) is 0. The van der Waals surface area contributed by atoms with Crippen LogP contribution in [0.4, 0.5) is 0 Å². The van der Waals surface area contributed by atoms with Crippen molar-refractivity contribution in [1.82, 2.24) is 10.6 Å². The number of amidine groups is 2. The first kappa shape index (κ1) is 28.5. The third-order valence-electron chi connectivity index (χ3n) is 3.34. The first-order chi connectivity index (χ1) is 13.6. The van der Waals surface area contributed by atoms with Crippen molar-refractivity contribution in [3.05, 3.63) is 0 Å². The first-order valence-corrected chi connectivity index (χ1v) is 10.1. The van der Waals surface area contributed by atoms with Crippen molar-refractivity contribution in [3.63, 3.8) is 0 Å². The van der Waals surface area contributed by atoms with Gasteiger partial charge < -0.3 is 16.1 Å². The maximum absolute atomic E-state index is 10.1. The summed E-state index contributed by atoms with van der Waals surface area (Å²) < 4.78 is 30.6. The zero-order chi connectivity index (χ0) is 21.9. The van der Waals surface area contributed by atoms with E-state index in [9.17, 15) is 8.42 Å². The Hall–Kier alpha value is -1.48. The molecule has 6 N–H and O–H groups in total. The molecule has 0 saturated heterocycles. The molecular formula is C12H26N6O10S2. The second-order valence-electron chi connectivity index (χ2n) is 6.39. The van der Waals surface area contributed by atoms with Gasteiger partial charge in [0, 0.05) is 13.1 Å². The van der Waals surface area contributed by atoms with Gasteiger partial charge in [0.25, 0.3) is 0 Å². The lowest BCUT2D eigenvalue weighted by Crippen LogP contribution is -2.41. The molecule has 0 bridgehead atoms. The van der Waals surface area contributed by atoms with E-state index >= 15 is 0 Å². The normalized spacial score (nSPS) is 18.3. The van der Waals surface area contributed by atoms with Crippen molar-refractivity contribution in [2.45, 2.75) is 38.8 Å². The van der Waals surface area contributed by atoms with E-state index in [1.54, 1.807) is 0 Å². The van der Waals surface area contributed by atoms with Crippen LogP contribution in [0.2, 0.25) is 0 Å². The van der Waals surface area contributed by atoms with Gasteiger partial charge >= 0.3 is 22.7 Å². The van der Waals surface area contributed by atoms with Crippen molar-refractivity contribution in [3.8, 4) is 0 Å². The van der Waals surface area contributed by atoms with Crippen molar-refractivity contribution in [2.24, 2.45) is 20.2 Å². The van der Waals surface area contributed by atoms with Crippen LogP contribution in [0, 0.1) is 0 Å². The minimum Gasteiger partial charge on any atom is -0.412 e. The Balaban J connectivity index is 0.000000612. The second-order valence-corrected chi connectivity index (χ2v) is 8.03. The molecule has 2 aliphatic rings. The fourth-order valence-electron chi connectivity index (χ4n) is 2.08. The number of nitrogens with zero attached hydrogens (tertiary/aromatic N) is 4. The van der Waals surface area contributed by atoms with Gasteiger partial charge in [0.1, 0.15) is 22.7 Å². The van der Waals surface area contributed by atoms with Crippen LogP contribution in [0.15, 0.2) is 20.2 Å². The minimum atomic E-state index is -2.64. The molecule has 176 valence electrons. The monoisotopic (exact) mass is 478 g/mol. The number of hydrogen-bond donors (Lipinski definition) is 4. The van der Waals surface area contributed by atoms with Gasteiger partial charge in [-0.15, -0.1) is 3.63 Å². The lowest BCUT2D eigenvalue weighted by Gasteiger charge is -2.23. The molecule has 2 heterocycles. The SMILES string of the molecule is CC(C)(N=NC(C)(C)C1=NCCN1)C1=NCCN1.O.O=S(OOO)OS(=O)OOO. The Bertz CT molecular complexity index is 618. The van der Waals surface area contributed by atoms with Crippen LogP contribution in [-0.2, 0) is 45.1 Å². The highest BCUT2D eigenvalue weighted by atomic mass is 32.3. The molecule has 0 aromatic heterocycles. The molecule has 0 aliphatic carbocycles. The molecule has 2 rings (SSSR count). The van der Waals surface area contributed by atoms with Gasteiger partial charge in [0.05, 0.1) is 13.1 Å². The zero-order valence-electron chi connectivity index (χ0n) is 16.7. The average Bonchev–Trinajstić information content (AvgIpc) is 3.35. The van der Waals surface area contributed by atoms with Crippen molar-refractivity contribution in [2.75, 3.05) is 26.2 Å². The summed E-state index contributed by atoms with van der Waals surface area (Å²) in [6.07, 6.45) is 0. The second kappa shape index (κ2) is 13.7. The molecule has 0 unspecified atom stereocenters. The van der Waals surface area contributed by atoms with Crippen LogP contribution in [0.3, 0.4) is 0 Å². The lowest BCUT2D eigenvalue weighted by molar-refractivity contribution is -0.440. The van der Waals surface area contributed by atoms with Crippen LogP contribution in [0.5, 0.6) is 0 Å². The topological polar surface area (TPSA) is 226 Å². The molecule has 0 radical (unpaired) electrons. The van der Waals surface area contributed by atoms with Crippen molar-refractivity contribution >= 4 is 34.4 Å². The van der Waals surface area contributed by atoms with Gasteiger partial charge in [-0.3, -0.25) is 9.98 Å². The lowest BCUT2D eigenvalue weighted by atomic mass is 10.0. The molecule has 30 heavy (non-hydrogen) atoms. The maximum atomic E-state index is 10.1. The standard InChI is InChI=1S/C12H22N6.H2O9S2.H2O/c1-11(2,9-13-5-6-14-9)17-18-12(3,4)10-15-7-8-16-10;1-5-7-10(3)9-11(4)8-6-2;/h5-8H2,1-4H3,(H,13,14)(H,15,16);1-2H;1H2. The highest BCUT2D eigenvalue weighted by Crippen LogP contribution is 2.19. The van der Waals surface area contributed by atoms with Gasteiger partial charge in [0.2, 0.25) is 0 Å². The number of azo groups is 1. The van der Waals surface area contributed by atoms with Crippen LogP contribution >= 0.6 is 0 Å². The fourth-order valence-corrected chi connectivity index (χ4v) is 2.72. The van der Waals surface area contributed by atoms with Gasteiger partial charge in [0.15, 0.2) is 0 Å². The maximum Gasteiger partial charge on any atom is 0.351 e. The molecule has 0 amide bonds. The van der Waals surface area contributed by atoms with E-state index in [0.29, 0.717) is 0 Å². The first-order valence-electron chi connectivity index (χ1n) is 8.13. The van der Waals surface area contributed by atoms with Crippen LogP contribution in [0.1, 0.15) is 27.7 Å². The van der Waals surface area contributed by atoms with Crippen molar-refractivity contribution in [1.29, 1.82) is 0 Å². The fraction of sp³-hybridized carbons (Fsp3) is 0.833. The largest absolute Gasteiger partial charge is 0.412 e. The van der Waals surface area contributed by atoms with Crippen molar-refractivity contribution < 1.29 is 46.8 Å². The average molecular weight is 479 g/mol. The third-order valence-corrected chi connectivity index (χ3v) is 4.57. The predicted octanol–water partition coefficient (Wildman–Crippen LogP) is -0.823. The molecule has 18 heteroatoms. The van der Waals surface area contributed by atoms with E-state index in [1.165, 1.54) is 0 Å². The van der Waals surface area contributed by atoms with Crippen LogP contribution in [-0.4, -0.2) is 73.3 Å². The number of aliphatic imine (C=N–C) groups is 2. The smallest absolute Gasteiger partial charge is 0.351 e. The predicted molar refractivity (Wildman–Crippen MR) is 104 cm³/mol. The molecule has 0 aromatic rings. The Kier molecular flexibility index (Phi) is 13.1. The van der Waals surface area contributed by atoms with E-state index in [4.69, 9.17) is 10.5 Å². The number of nitrogens with one attached hydrogen (secondary N) is 2. The molecule has 0 fully saturated rings. The summed E-state index contributed by atoms with van der Waals surface area (Å²) in [5, 5.41) is 36.1.